The van der Waals surface area contributed by atoms with E-state index in [0.29, 0.717) is 0 Å². The summed E-state index contributed by atoms with van der Waals surface area (Å²) in [5, 5.41) is -1.17. The van der Waals surface area contributed by atoms with Crippen LogP contribution in [0, 0.1) is 23.3 Å². The second-order valence-electron chi connectivity index (χ2n) is 4.25. The van der Waals surface area contributed by atoms with Crippen LogP contribution in [0.15, 0.2) is 29.2 Å². The van der Waals surface area contributed by atoms with Gasteiger partial charge in [-0.3, -0.25) is 4.72 Å². The maximum Gasteiger partial charge on any atom is 0.265 e. The minimum atomic E-state index is -4.71. The van der Waals surface area contributed by atoms with Crippen molar-refractivity contribution < 1.29 is 30.7 Å². The Morgan fingerprint density at radius 2 is 1.70 bits per heavy atom. The van der Waals surface area contributed by atoms with Crippen molar-refractivity contribution in [2.75, 3.05) is 11.8 Å². The van der Waals surface area contributed by atoms with E-state index in [1.807, 2.05) is 0 Å². The lowest BCUT2D eigenvalue weighted by Crippen LogP contribution is -2.16. The molecule has 0 saturated heterocycles. The van der Waals surface area contributed by atoms with Crippen molar-refractivity contribution in [2.24, 2.45) is 0 Å². The van der Waals surface area contributed by atoms with Gasteiger partial charge in [0, 0.05) is 6.07 Å². The number of nitrogens with one attached hydrogen (secondary N) is 1. The number of hydrogen-bond donors (Lipinski definition) is 1. The highest BCUT2D eigenvalue weighted by atomic mass is 35.5. The van der Waals surface area contributed by atoms with Gasteiger partial charge in [-0.25, -0.2) is 26.0 Å². The molecule has 0 atom stereocenters. The number of anilines is 1. The SMILES string of the molecule is COc1ccc(NS(=O)(=O)c2cc(F)c(Cl)c(F)c2F)cc1F. The van der Waals surface area contributed by atoms with Gasteiger partial charge in [0.2, 0.25) is 0 Å². The van der Waals surface area contributed by atoms with E-state index in [9.17, 15) is 26.0 Å². The normalized spacial score (nSPS) is 11.4. The Hall–Kier alpha value is -2.00. The molecule has 1 N–H and O–H groups in total. The van der Waals surface area contributed by atoms with Crippen LogP contribution in [0.2, 0.25) is 5.02 Å². The van der Waals surface area contributed by atoms with Crippen LogP contribution in [0.25, 0.3) is 0 Å². The molecule has 0 bridgehead atoms. The quantitative estimate of drug-likeness (QED) is 0.508. The van der Waals surface area contributed by atoms with Crippen molar-refractivity contribution in [1.29, 1.82) is 0 Å². The number of benzene rings is 2. The zero-order chi connectivity index (χ0) is 17.4. The van der Waals surface area contributed by atoms with Gasteiger partial charge in [-0.1, -0.05) is 11.6 Å². The van der Waals surface area contributed by atoms with Crippen molar-refractivity contribution in [3.05, 3.63) is 52.6 Å². The Morgan fingerprint density at radius 1 is 1.04 bits per heavy atom. The summed E-state index contributed by atoms with van der Waals surface area (Å²) in [6, 6.07) is 3.23. The first-order valence-corrected chi connectivity index (χ1v) is 7.73. The molecule has 2 aromatic carbocycles. The Labute approximate surface area is 133 Å². The Bertz CT molecular complexity index is 874. The highest BCUT2D eigenvalue weighted by molar-refractivity contribution is 7.92. The fraction of sp³-hybridized carbons (Fsp3) is 0.0769. The summed E-state index contributed by atoms with van der Waals surface area (Å²) < 4.78 is 84.4. The van der Waals surface area contributed by atoms with Crippen LogP contribution in [-0.4, -0.2) is 15.5 Å². The van der Waals surface area contributed by atoms with Gasteiger partial charge in [0.15, 0.2) is 23.2 Å². The minimum Gasteiger partial charge on any atom is -0.494 e. The molecule has 0 amide bonds. The standard InChI is InChI=1S/C13H8ClF4NO3S/c1-22-9-3-2-6(4-7(9)15)19-23(20,21)10-5-8(16)11(14)13(18)12(10)17/h2-5,19H,1H3. The monoisotopic (exact) mass is 369 g/mol. The first-order valence-electron chi connectivity index (χ1n) is 5.86. The molecule has 0 aliphatic heterocycles. The fourth-order valence-corrected chi connectivity index (χ4v) is 2.96. The molecule has 0 aliphatic carbocycles. The topological polar surface area (TPSA) is 55.4 Å². The van der Waals surface area contributed by atoms with E-state index in [0.717, 1.165) is 18.2 Å². The van der Waals surface area contributed by atoms with Crippen LogP contribution in [-0.2, 0) is 10.0 Å². The van der Waals surface area contributed by atoms with Crippen molar-refractivity contribution in [3.8, 4) is 5.75 Å². The van der Waals surface area contributed by atoms with Gasteiger partial charge in [0.05, 0.1) is 12.8 Å². The average molecular weight is 370 g/mol. The molecule has 0 fully saturated rings. The van der Waals surface area contributed by atoms with Crippen LogP contribution in [0.3, 0.4) is 0 Å². The van der Waals surface area contributed by atoms with Gasteiger partial charge in [-0.05, 0) is 18.2 Å². The van der Waals surface area contributed by atoms with Gasteiger partial charge >= 0.3 is 0 Å². The Morgan fingerprint density at radius 3 is 2.26 bits per heavy atom. The third kappa shape index (κ3) is 3.35. The highest BCUT2D eigenvalue weighted by Gasteiger charge is 2.26. The highest BCUT2D eigenvalue weighted by Crippen LogP contribution is 2.29. The maximum atomic E-state index is 13.7. The molecular weight excluding hydrogens is 362 g/mol. The summed E-state index contributed by atoms with van der Waals surface area (Å²) in [6.45, 7) is 0. The summed E-state index contributed by atoms with van der Waals surface area (Å²) in [6.07, 6.45) is 0. The van der Waals surface area contributed by atoms with Crippen molar-refractivity contribution in [1.82, 2.24) is 0 Å². The van der Waals surface area contributed by atoms with Crippen LogP contribution < -0.4 is 9.46 Å². The van der Waals surface area contributed by atoms with Gasteiger partial charge in [-0.2, -0.15) is 0 Å². The second kappa shape index (κ2) is 6.25. The molecule has 0 aliphatic rings. The molecule has 0 radical (unpaired) electrons. The largest absolute Gasteiger partial charge is 0.494 e. The third-order valence-corrected chi connectivity index (χ3v) is 4.49. The summed E-state index contributed by atoms with van der Waals surface area (Å²) in [4.78, 5) is -1.30. The molecule has 0 aromatic heterocycles. The van der Waals surface area contributed by atoms with Crippen LogP contribution in [0.5, 0.6) is 5.75 Å². The Balaban J connectivity index is 2.46. The van der Waals surface area contributed by atoms with Crippen molar-refractivity contribution in [2.45, 2.75) is 4.90 Å². The fourth-order valence-electron chi connectivity index (χ4n) is 1.69. The molecule has 23 heavy (non-hydrogen) atoms. The van der Waals surface area contributed by atoms with Crippen LogP contribution >= 0.6 is 11.6 Å². The molecule has 4 nitrogen and oxygen atoms in total. The first kappa shape index (κ1) is 17.4. The molecule has 0 saturated carbocycles. The molecule has 0 heterocycles. The lowest BCUT2D eigenvalue weighted by molar-refractivity contribution is 0.386. The van der Waals surface area contributed by atoms with Crippen LogP contribution in [0.1, 0.15) is 0 Å². The number of halogens is 5. The van der Waals surface area contributed by atoms with E-state index >= 15 is 0 Å². The zero-order valence-corrected chi connectivity index (χ0v) is 12.9. The van der Waals surface area contributed by atoms with Gasteiger partial charge < -0.3 is 4.74 Å². The number of sulfonamides is 1. The Kier molecular flexibility index (Phi) is 4.71. The van der Waals surface area contributed by atoms with E-state index in [1.54, 1.807) is 4.72 Å². The van der Waals surface area contributed by atoms with E-state index in [1.165, 1.54) is 7.11 Å². The van der Waals surface area contributed by atoms with Crippen molar-refractivity contribution in [3.63, 3.8) is 0 Å². The number of ether oxygens (including phenoxy) is 1. The van der Waals surface area contributed by atoms with E-state index in [4.69, 9.17) is 11.6 Å². The molecule has 10 heteroatoms. The van der Waals surface area contributed by atoms with Gasteiger partial charge in [-0.15, -0.1) is 0 Å². The summed E-state index contributed by atoms with van der Waals surface area (Å²) in [7, 11) is -3.51. The summed E-state index contributed by atoms with van der Waals surface area (Å²) >= 11 is 5.15. The zero-order valence-electron chi connectivity index (χ0n) is 11.3. The van der Waals surface area contributed by atoms with E-state index < -0.39 is 43.2 Å². The lowest BCUT2D eigenvalue weighted by atomic mass is 10.3. The summed E-state index contributed by atoms with van der Waals surface area (Å²) in [5.41, 5.74) is -0.293. The predicted octanol–water partition coefficient (Wildman–Crippen LogP) is 3.71. The number of methoxy groups -OCH3 is 1. The molecule has 0 spiro atoms. The minimum absolute atomic E-state index is 0.150. The van der Waals surface area contributed by atoms with Gasteiger partial charge in [0.1, 0.15) is 15.7 Å². The molecule has 0 unspecified atom stereocenters. The molecule has 124 valence electrons. The molecule has 2 rings (SSSR count). The van der Waals surface area contributed by atoms with Crippen LogP contribution in [0.4, 0.5) is 23.2 Å². The van der Waals surface area contributed by atoms with Crippen molar-refractivity contribution >= 4 is 27.3 Å². The number of rotatable bonds is 4. The predicted molar refractivity (Wildman–Crippen MR) is 75.1 cm³/mol. The molecule has 2 aromatic rings. The maximum absolute atomic E-state index is 13.7. The van der Waals surface area contributed by atoms with E-state index in [-0.39, 0.29) is 17.5 Å². The lowest BCUT2D eigenvalue weighted by Gasteiger charge is -2.11. The second-order valence-corrected chi connectivity index (χ2v) is 6.28. The molecular formula is C13H8ClF4NO3S. The van der Waals surface area contributed by atoms with E-state index in [2.05, 4.69) is 4.74 Å². The first-order chi connectivity index (χ1) is 10.7. The smallest absolute Gasteiger partial charge is 0.265 e. The third-order valence-electron chi connectivity index (χ3n) is 2.76. The average Bonchev–Trinajstić information content (AvgIpc) is 2.48. The van der Waals surface area contributed by atoms with Gasteiger partial charge in [0.25, 0.3) is 10.0 Å². The number of hydrogen-bond acceptors (Lipinski definition) is 3. The summed E-state index contributed by atoms with van der Waals surface area (Å²) in [5.74, 6) is -6.18.